The van der Waals surface area contributed by atoms with Gasteiger partial charge in [0.05, 0.1) is 0 Å². The predicted molar refractivity (Wildman–Crippen MR) is 114 cm³/mol. The van der Waals surface area contributed by atoms with E-state index in [0.29, 0.717) is 5.91 Å². The SMILES string of the molecule is CN(C)CCN1C[C@@]2(CCCN(Cc3cc4ccccc4n3C)C2)CCC1=O. The third-order valence-electron chi connectivity index (χ3n) is 6.74. The van der Waals surface area contributed by atoms with Gasteiger partial charge < -0.3 is 14.4 Å². The van der Waals surface area contributed by atoms with Crippen molar-refractivity contribution in [1.29, 1.82) is 0 Å². The summed E-state index contributed by atoms with van der Waals surface area (Å²) in [5, 5.41) is 1.32. The first kappa shape index (κ1) is 19.5. The summed E-state index contributed by atoms with van der Waals surface area (Å²) in [5.41, 5.74) is 2.97. The van der Waals surface area contributed by atoms with Gasteiger partial charge in [-0.15, -0.1) is 0 Å². The van der Waals surface area contributed by atoms with Crippen molar-refractivity contribution < 1.29 is 4.79 Å². The smallest absolute Gasteiger partial charge is 0.222 e. The van der Waals surface area contributed by atoms with Gasteiger partial charge in [0.1, 0.15) is 0 Å². The zero-order valence-corrected chi connectivity index (χ0v) is 17.7. The maximum atomic E-state index is 12.4. The minimum Gasteiger partial charge on any atom is -0.346 e. The summed E-state index contributed by atoms with van der Waals surface area (Å²) in [6.07, 6.45) is 4.26. The molecule has 0 saturated carbocycles. The fraction of sp³-hybridized carbons (Fsp3) is 0.609. The number of fused-ring (bicyclic) bond motifs is 1. The molecule has 2 saturated heterocycles. The average molecular weight is 383 g/mol. The summed E-state index contributed by atoms with van der Waals surface area (Å²) in [6.45, 7) is 6.01. The van der Waals surface area contributed by atoms with Crippen LogP contribution in [0.4, 0.5) is 0 Å². The van der Waals surface area contributed by atoms with Crippen LogP contribution in [0.3, 0.4) is 0 Å². The number of rotatable bonds is 5. The van der Waals surface area contributed by atoms with Crippen LogP contribution in [-0.2, 0) is 18.4 Å². The maximum absolute atomic E-state index is 12.4. The molecule has 1 aromatic heterocycles. The molecule has 1 amide bonds. The topological polar surface area (TPSA) is 31.7 Å². The fourth-order valence-electron chi connectivity index (χ4n) is 5.13. The van der Waals surface area contributed by atoms with Crippen LogP contribution in [0.5, 0.6) is 0 Å². The average Bonchev–Trinajstić information content (AvgIpc) is 2.99. The molecular weight excluding hydrogens is 348 g/mol. The molecule has 5 heteroatoms. The summed E-state index contributed by atoms with van der Waals surface area (Å²) in [7, 11) is 6.34. The van der Waals surface area contributed by atoms with Crippen LogP contribution in [0.15, 0.2) is 30.3 Å². The molecule has 0 aliphatic carbocycles. The number of aromatic nitrogens is 1. The van der Waals surface area contributed by atoms with Crippen LogP contribution in [0.25, 0.3) is 10.9 Å². The molecule has 4 rings (SSSR count). The molecule has 1 atom stereocenters. The molecule has 1 spiro atoms. The van der Waals surface area contributed by atoms with Crippen molar-refractivity contribution in [2.75, 3.05) is 46.8 Å². The number of benzene rings is 1. The Kier molecular flexibility index (Phi) is 5.48. The minimum atomic E-state index is 0.281. The Labute approximate surface area is 168 Å². The number of carbonyl (C=O) groups is 1. The van der Waals surface area contributed by atoms with Gasteiger partial charge in [-0.2, -0.15) is 0 Å². The van der Waals surface area contributed by atoms with E-state index in [2.05, 4.69) is 70.7 Å². The highest BCUT2D eigenvalue weighted by molar-refractivity contribution is 5.81. The van der Waals surface area contributed by atoms with Gasteiger partial charge in [-0.1, -0.05) is 18.2 Å². The summed E-state index contributed by atoms with van der Waals surface area (Å²) < 4.78 is 2.34. The zero-order valence-electron chi connectivity index (χ0n) is 17.7. The van der Waals surface area contributed by atoms with Crippen LogP contribution >= 0.6 is 0 Å². The van der Waals surface area contributed by atoms with E-state index in [1.165, 1.54) is 29.4 Å². The third-order valence-corrected chi connectivity index (χ3v) is 6.74. The van der Waals surface area contributed by atoms with E-state index < -0.39 is 0 Å². The van der Waals surface area contributed by atoms with Gasteiger partial charge in [0.15, 0.2) is 0 Å². The molecule has 2 fully saturated rings. The lowest BCUT2D eigenvalue weighted by molar-refractivity contribution is -0.139. The highest BCUT2D eigenvalue weighted by Gasteiger charge is 2.41. The van der Waals surface area contributed by atoms with Crippen molar-refractivity contribution >= 4 is 16.8 Å². The Hall–Kier alpha value is -1.85. The van der Waals surface area contributed by atoms with Crippen LogP contribution in [0.2, 0.25) is 0 Å². The first-order chi connectivity index (χ1) is 13.5. The highest BCUT2D eigenvalue weighted by atomic mass is 16.2. The van der Waals surface area contributed by atoms with E-state index in [0.717, 1.165) is 52.1 Å². The van der Waals surface area contributed by atoms with Crippen LogP contribution in [-0.4, -0.2) is 72.0 Å². The first-order valence-electron chi connectivity index (χ1n) is 10.6. The van der Waals surface area contributed by atoms with Gasteiger partial charge in [0.2, 0.25) is 5.91 Å². The normalized spacial score (nSPS) is 24.0. The van der Waals surface area contributed by atoms with Gasteiger partial charge in [-0.3, -0.25) is 9.69 Å². The monoisotopic (exact) mass is 382 g/mol. The molecule has 5 nitrogen and oxygen atoms in total. The Morgan fingerprint density at radius 3 is 2.75 bits per heavy atom. The number of likely N-dealkylation sites (N-methyl/N-ethyl adjacent to an activating group) is 1. The minimum absolute atomic E-state index is 0.281. The maximum Gasteiger partial charge on any atom is 0.222 e. The van der Waals surface area contributed by atoms with E-state index in [4.69, 9.17) is 0 Å². The quantitative estimate of drug-likeness (QED) is 0.797. The fourth-order valence-corrected chi connectivity index (χ4v) is 5.13. The summed E-state index contributed by atoms with van der Waals surface area (Å²) in [5.74, 6) is 0.346. The van der Waals surface area contributed by atoms with E-state index in [9.17, 15) is 4.79 Å². The van der Waals surface area contributed by atoms with Crippen LogP contribution in [0.1, 0.15) is 31.4 Å². The second-order valence-corrected chi connectivity index (χ2v) is 9.19. The van der Waals surface area contributed by atoms with Crippen molar-refractivity contribution in [2.45, 2.75) is 32.2 Å². The predicted octanol–water partition coefficient (Wildman–Crippen LogP) is 2.94. The summed E-state index contributed by atoms with van der Waals surface area (Å²) in [6, 6.07) is 11.0. The Bertz CT molecular complexity index is 842. The number of likely N-dealkylation sites (tertiary alicyclic amines) is 2. The van der Waals surface area contributed by atoms with Crippen LogP contribution in [0, 0.1) is 5.41 Å². The number of piperidine rings is 2. The number of para-hydroxylation sites is 1. The molecule has 0 radical (unpaired) electrons. The van der Waals surface area contributed by atoms with Gasteiger partial charge in [0, 0.05) is 62.8 Å². The molecule has 1 aromatic carbocycles. The number of hydrogen-bond acceptors (Lipinski definition) is 3. The van der Waals surface area contributed by atoms with Gasteiger partial charge in [-0.25, -0.2) is 0 Å². The summed E-state index contributed by atoms with van der Waals surface area (Å²) >= 11 is 0. The molecule has 3 heterocycles. The van der Waals surface area contributed by atoms with Crippen molar-refractivity contribution in [1.82, 2.24) is 19.3 Å². The molecule has 0 bridgehead atoms. The number of hydrogen-bond donors (Lipinski definition) is 0. The molecular formula is C23H34N4O. The van der Waals surface area contributed by atoms with Gasteiger partial charge >= 0.3 is 0 Å². The third kappa shape index (κ3) is 3.96. The lowest BCUT2D eigenvalue weighted by Gasteiger charge is -2.48. The molecule has 0 N–H and O–H groups in total. The van der Waals surface area contributed by atoms with E-state index >= 15 is 0 Å². The van der Waals surface area contributed by atoms with Crippen LogP contribution < -0.4 is 0 Å². The Balaban J connectivity index is 1.46. The molecule has 2 aliphatic heterocycles. The second kappa shape index (κ2) is 7.88. The second-order valence-electron chi connectivity index (χ2n) is 9.19. The largest absolute Gasteiger partial charge is 0.346 e. The lowest BCUT2D eigenvalue weighted by atomic mass is 9.73. The lowest BCUT2D eigenvalue weighted by Crippen LogP contribution is -2.54. The van der Waals surface area contributed by atoms with Crippen molar-refractivity contribution in [3.63, 3.8) is 0 Å². The van der Waals surface area contributed by atoms with Gasteiger partial charge in [0.25, 0.3) is 0 Å². The zero-order chi connectivity index (χ0) is 19.7. The summed E-state index contributed by atoms with van der Waals surface area (Å²) in [4.78, 5) is 19.4. The first-order valence-corrected chi connectivity index (χ1v) is 10.6. The number of carbonyl (C=O) groups excluding carboxylic acids is 1. The molecule has 28 heavy (non-hydrogen) atoms. The van der Waals surface area contributed by atoms with Crippen molar-refractivity contribution in [3.05, 3.63) is 36.0 Å². The van der Waals surface area contributed by atoms with Gasteiger partial charge in [-0.05, 0) is 57.4 Å². The number of nitrogens with zero attached hydrogens (tertiary/aromatic N) is 4. The van der Waals surface area contributed by atoms with E-state index in [1.807, 2.05) is 0 Å². The van der Waals surface area contributed by atoms with E-state index in [-0.39, 0.29) is 5.41 Å². The molecule has 0 unspecified atom stereocenters. The Morgan fingerprint density at radius 2 is 1.96 bits per heavy atom. The van der Waals surface area contributed by atoms with Crippen molar-refractivity contribution in [2.24, 2.45) is 12.5 Å². The molecule has 2 aliphatic rings. The highest BCUT2D eigenvalue weighted by Crippen LogP contribution is 2.39. The van der Waals surface area contributed by atoms with E-state index in [1.54, 1.807) is 0 Å². The molecule has 2 aromatic rings. The number of amides is 1. The number of aryl methyl sites for hydroxylation is 1. The Morgan fingerprint density at radius 1 is 1.14 bits per heavy atom. The molecule has 152 valence electrons. The standard InChI is InChI=1S/C23H34N4O/c1-24(2)13-14-27-18-23(11-9-22(27)28)10-6-12-26(17-23)16-20-15-19-7-4-5-8-21(19)25(20)3/h4-5,7-8,15H,6,9-14,16-18H2,1-3H3/t23-/m0/s1. The van der Waals surface area contributed by atoms with Crippen molar-refractivity contribution in [3.8, 4) is 0 Å².